The second-order valence-corrected chi connectivity index (χ2v) is 5.17. The number of anilines is 1. The van der Waals surface area contributed by atoms with E-state index in [0.29, 0.717) is 6.54 Å². The highest BCUT2D eigenvalue weighted by atomic mass is 16.6. The van der Waals surface area contributed by atoms with Crippen molar-refractivity contribution in [1.82, 2.24) is 4.98 Å². The predicted molar refractivity (Wildman–Crippen MR) is 74.3 cm³/mol. The number of pyridine rings is 1. The summed E-state index contributed by atoms with van der Waals surface area (Å²) in [5.41, 5.74) is -0.574. The quantitative estimate of drug-likeness (QED) is 0.536. The Morgan fingerprint density at radius 3 is 2.81 bits per heavy atom. The molecule has 0 saturated heterocycles. The van der Waals surface area contributed by atoms with Gasteiger partial charge in [0.05, 0.1) is 10.5 Å². The standard InChI is InChI=1S/C13H17N3O5/c17-7-9-3-1-2-8(9)5-14-12-11(16(20)21)4-10(6-15-12)13(18)19/h4,6,8-9,17H,1-3,5,7H2,(H,14,15)(H,18,19). The normalized spacial score (nSPS) is 21.2. The van der Waals surface area contributed by atoms with Crippen LogP contribution >= 0.6 is 0 Å². The molecule has 1 aliphatic carbocycles. The lowest BCUT2D eigenvalue weighted by Crippen LogP contribution is -2.21. The molecule has 8 heteroatoms. The number of carbonyl (C=O) groups is 1. The van der Waals surface area contributed by atoms with Crippen molar-refractivity contribution in [1.29, 1.82) is 0 Å². The van der Waals surface area contributed by atoms with E-state index in [1.54, 1.807) is 0 Å². The maximum absolute atomic E-state index is 11.0. The van der Waals surface area contributed by atoms with Crippen LogP contribution in [0.4, 0.5) is 11.5 Å². The number of nitrogens with zero attached hydrogens (tertiary/aromatic N) is 2. The molecule has 1 heterocycles. The predicted octanol–water partition coefficient (Wildman–Crippen LogP) is 1.51. The van der Waals surface area contributed by atoms with Gasteiger partial charge in [-0.2, -0.15) is 0 Å². The first-order chi connectivity index (χ1) is 10.0. The van der Waals surface area contributed by atoms with Gasteiger partial charge in [0.25, 0.3) is 0 Å². The summed E-state index contributed by atoms with van der Waals surface area (Å²) in [5, 5.41) is 32.0. The number of aliphatic hydroxyl groups is 1. The molecule has 2 atom stereocenters. The molecule has 2 rings (SSSR count). The number of hydrogen-bond donors (Lipinski definition) is 3. The van der Waals surface area contributed by atoms with Crippen molar-refractivity contribution >= 4 is 17.5 Å². The van der Waals surface area contributed by atoms with E-state index in [4.69, 9.17) is 5.11 Å². The Morgan fingerprint density at radius 1 is 1.48 bits per heavy atom. The average Bonchev–Trinajstić information content (AvgIpc) is 2.92. The van der Waals surface area contributed by atoms with E-state index in [-0.39, 0.29) is 35.5 Å². The molecule has 8 nitrogen and oxygen atoms in total. The number of nitrogens with one attached hydrogen (secondary N) is 1. The minimum atomic E-state index is -1.26. The van der Waals surface area contributed by atoms with Gasteiger partial charge in [0.1, 0.15) is 0 Å². The Hall–Kier alpha value is -2.22. The van der Waals surface area contributed by atoms with Crippen LogP contribution in [0.25, 0.3) is 0 Å². The summed E-state index contributed by atoms with van der Waals surface area (Å²) in [6, 6.07) is 0.996. The molecule has 3 N–H and O–H groups in total. The summed E-state index contributed by atoms with van der Waals surface area (Å²) in [5.74, 6) is -0.743. The number of nitro groups is 1. The monoisotopic (exact) mass is 295 g/mol. The summed E-state index contributed by atoms with van der Waals surface area (Å²) in [6.45, 7) is 0.589. The van der Waals surface area contributed by atoms with Crippen LogP contribution in [-0.2, 0) is 0 Å². The van der Waals surface area contributed by atoms with E-state index in [2.05, 4.69) is 10.3 Å². The number of carboxylic acid groups (broad SMARTS) is 1. The molecule has 1 aromatic heterocycles. The lowest BCUT2D eigenvalue weighted by molar-refractivity contribution is -0.384. The second-order valence-electron chi connectivity index (χ2n) is 5.17. The number of carboxylic acids is 1. The zero-order valence-electron chi connectivity index (χ0n) is 11.4. The molecule has 21 heavy (non-hydrogen) atoms. The molecule has 0 aromatic carbocycles. The first-order valence-corrected chi connectivity index (χ1v) is 6.75. The largest absolute Gasteiger partial charge is 0.478 e. The van der Waals surface area contributed by atoms with Crippen molar-refractivity contribution in [2.45, 2.75) is 19.3 Å². The molecular weight excluding hydrogens is 278 g/mol. The zero-order valence-corrected chi connectivity index (χ0v) is 11.4. The summed E-state index contributed by atoms with van der Waals surface area (Å²) in [7, 11) is 0. The van der Waals surface area contributed by atoms with Gasteiger partial charge >= 0.3 is 11.7 Å². The van der Waals surface area contributed by atoms with Gasteiger partial charge in [-0.1, -0.05) is 6.42 Å². The minimum absolute atomic E-state index is 0.0635. The highest BCUT2D eigenvalue weighted by molar-refractivity contribution is 5.88. The highest BCUT2D eigenvalue weighted by Gasteiger charge is 2.27. The van der Waals surface area contributed by atoms with E-state index in [1.807, 2.05) is 0 Å². The van der Waals surface area contributed by atoms with Gasteiger partial charge in [-0.05, 0) is 24.7 Å². The average molecular weight is 295 g/mol. The van der Waals surface area contributed by atoms with Gasteiger partial charge in [-0.25, -0.2) is 9.78 Å². The highest BCUT2D eigenvalue weighted by Crippen LogP contribution is 2.32. The van der Waals surface area contributed by atoms with Crippen LogP contribution in [0.5, 0.6) is 0 Å². The van der Waals surface area contributed by atoms with Crippen LogP contribution < -0.4 is 5.32 Å². The fourth-order valence-electron chi connectivity index (χ4n) is 2.70. The van der Waals surface area contributed by atoms with Gasteiger partial charge in [0.15, 0.2) is 0 Å². The van der Waals surface area contributed by atoms with Gasteiger partial charge in [0, 0.05) is 25.4 Å². The Kier molecular flexibility index (Phi) is 4.69. The molecule has 1 aromatic rings. The van der Waals surface area contributed by atoms with E-state index in [1.165, 1.54) is 0 Å². The molecule has 0 amide bonds. The number of aromatic carboxylic acids is 1. The number of aromatic nitrogens is 1. The van der Waals surface area contributed by atoms with Crippen LogP contribution in [0.15, 0.2) is 12.3 Å². The Bertz CT molecular complexity index is 549. The van der Waals surface area contributed by atoms with Gasteiger partial charge in [-0.15, -0.1) is 0 Å². The Labute approximate surface area is 121 Å². The van der Waals surface area contributed by atoms with Crippen LogP contribution in [-0.4, -0.2) is 39.2 Å². The molecule has 2 unspecified atom stereocenters. The maximum atomic E-state index is 11.0. The van der Waals surface area contributed by atoms with Crippen molar-refractivity contribution in [3.63, 3.8) is 0 Å². The smallest absolute Gasteiger partial charge is 0.337 e. The van der Waals surface area contributed by atoms with Crippen molar-refractivity contribution in [2.75, 3.05) is 18.5 Å². The van der Waals surface area contributed by atoms with Crippen molar-refractivity contribution in [2.24, 2.45) is 11.8 Å². The van der Waals surface area contributed by atoms with E-state index >= 15 is 0 Å². The SMILES string of the molecule is O=C(O)c1cnc(NCC2CCCC2CO)c([N+](=O)[O-])c1. The lowest BCUT2D eigenvalue weighted by atomic mass is 9.97. The lowest BCUT2D eigenvalue weighted by Gasteiger charge is -2.18. The van der Waals surface area contributed by atoms with Crippen LogP contribution in [0.3, 0.4) is 0 Å². The number of aliphatic hydroxyl groups excluding tert-OH is 1. The fourth-order valence-corrected chi connectivity index (χ4v) is 2.70. The zero-order chi connectivity index (χ0) is 15.4. The molecule has 0 spiro atoms. The topological polar surface area (TPSA) is 126 Å². The van der Waals surface area contributed by atoms with E-state index in [9.17, 15) is 20.0 Å². The number of hydrogen-bond acceptors (Lipinski definition) is 6. The second kappa shape index (κ2) is 6.49. The molecular formula is C13H17N3O5. The number of rotatable bonds is 6. The molecule has 0 bridgehead atoms. The molecule has 0 radical (unpaired) electrons. The third-order valence-electron chi connectivity index (χ3n) is 3.89. The molecule has 114 valence electrons. The van der Waals surface area contributed by atoms with Gasteiger partial charge in [0.2, 0.25) is 5.82 Å². The van der Waals surface area contributed by atoms with E-state index in [0.717, 1.165) is 31.5 Å². The van der Waals surface area contributed by atoms with Gasteiger partial charge < -0.3 is 15.5 Å². The van der Waals surface area contributed by atoms with Crippen molar-refractivity contribution < 1.29 is 19.9 Å². The molecule has 1 aliphatic rings. The minimum Gasteiger partial charge on any atom is -0.478 e. The third kappa shape index (κ3) is 3.46. The third-order valence-corrected chi connectivity index (χ3v) is 3.89. The maximum Gasteiger partial charge on any atom is 0.337 e. The molecule has 0 aliphatic heterocycles. The van der Waals surface area contributed by atoms with Crippen molar-refractivity contribution in [3.8, 4) is 0 Å². The molecule has 1 fully saturated rings. The summed E-state index contributed by atoms with van der Waals surface area (Å²) in [6.07, 6.45) is 4.04. The van der Waals surface area contributed by atoms with Crippen LogP contribution in [0, 0.1) is 22.0 Å². The van der Waals surface area contributed by atoms with Gasteiger partial charge in [-0.3, -0.25) is 10.1 Å². The van der Waals surface area contributed by atoms with Crippen molar-refractivity contribution in [3.05, 3.63) is 27.9 Å². The first kappa shape index (κ1) is 15.2. The summed E-state index contributed by atoms with van der Waals surface area (Å²) < 4.78 is 0. The Morgan fingerprint density at radius 2 is 2.19 bits per heavy atom. The van der Waals surface area contributed by atoms with Crippen LogP contribution in [0.1, 0.15) is 29.6 Å². The summed E-state index contributed by atoms with van der Waals surface area (Å²) >= 11 is 0. The molecule has 1 saturated carbocycles. The summed E-state index contributed by atoms with van der Waals surface area (Å²) in [4.78, 5) is 25.0. The van der Waals surface area contributed by atoms with Crippen LogP contribution in [0.2, 0.25) is 0 Å². The Balaban J connectivity index is 2.12. The fraction of sp³-hybridized carbons (Fsp3) is 0.538. The van der Waals surface area contributed by atoms with E-state index < -0.39 is 10.9 Å². The first-order valence-electron chi connectivity index (χ1n) is 6.75.